The van der Waals surface area contributed by atoms with Crippen molar-refractivity contribution in [1.82, 2.24) is 0 Å². The van der Waals surface area contributed by atoms with E-state index in [9.17, 15) is 4.79 Å². The molecule has 1 aliphatic heterocycles. The van der Waals surface area contributed by atoms with Gasteiger partial charge in [0.05, 0.1) is 6.61 Å². The van der Waals surface area contributed by atoms with Crippen LogP contribution in [-0.2, 0) is 10.5 Å². The average Bonchev–Trinajstić information content (AvgIpc) is 3.10. The minimum atomic E-state index is -1.15. The number of esters is 1. The topological polar surface area (TPSA) is 44.8 Å². The van der Waals surface area contributed by atoms with Crippen LogP contribution in [0.4, 0.5) is 0 Å². The Kier molecular flexibility index (Phi) is 4.09. The minimum Gasteiger partial charge on any atom is -0.462 e. The molecule has 0 unspecified atom stereocenters. The molecule has 130 valence electrons. The molecule has 4 heteroatoms. The number of carbonyl (C=O) groups is 1. The summed E-state index contributed by atoms with van der Waals surface area (Å²) in [6.45, 7) is 2.07. The van der Waals surface area contributed by atoms with Gasteiger partial charge in [-0.2, -0.15) is 0 Å². The van der Waals surface area contributed by atoms with Gasteiger partial charge in [-0.1, -0.05) is 66.7 Å². The van der Waals surface area contributed by atoms with E-state index < -0.39 is 11.8 Å². The first-order valence-corrected chi connectivity index (χ1v) is 8.54. The van der Waals surface area contributed by atoms with Crippen molar-refractivity contribution in [3.05, 3.63) is 95.6 Å². The lowest BCUT2D eigenvalue weighted by Crippen LogP contribution is -2.36. The summed E-state index contributed by atoms with van der Waals surface area (Å²) in [6, 6.07) is 24.6. The third-order valence-corrected chi connectivity index (χ3v) is 4.28. The molecule has 0 spiro atoms. The Morgan fingerprint density at radius 1 is 0.846 bits per heavy atom. The molecule has 0 N–H and O–H groups in total. The first kappa shape index (κ1) is 16.2. The third kappa shape index (κ3) is 2.60. The highest BCUT2D eigenvalue weighted by atomic mass is 16.7. The van der Waals surface area contributed by atoms with Crippen LogP contribution in [0.5, 0.6) is 11.5 Å². The summed E-state index contributed by atoms with van der Waals surface area (Å²) in [5, 5.41) is 0. The number of rotatable bonds is 4. The van der Waals surface area contributed by atoms with Crippen molar-refractivity contribution in [3.63, 3.8) is 0 Å². The maximum atomic E-state index is 12.3. The van der Waals surface area contributed by atoms with Crippen molar-refractivity contribution in [1.29, 1.82) is 0 Å². The molecule has 0 aromatic heterocycles. The largest absolute Gasteiger partial charge is 0.462 e. The summed E-state index contributed by atoms with van der Waals surface area (Å²) in [6.07, 6.45) is 0. The van der Waals surface area contributed by atoms with Gasteiger partial charge in [-0.25, -0.2) is 4.79 Å². The molecular formula is C22H18O4. The van der Waals surface area contributed by atoms with Crippen molar-refractivity contribution in [3.8, 4) is 11.5 Å². The Bertz CT molecular complexity index is 880. The second kappa shape index (κ2) is 6.56. The standard InChI is InChI=1S/C22H18O4/c1-2-24-21(23)18-14-9-15-19-20(18)26-22(25-19,16-10-5-3-6-11-16)17-12-7-4-8-13-17/h3-15H,2H2,1H3. The highest BCUT2D eigenvalue weighted by molar-refractivity contribution is 5.93. The second-order valence-corrected chi connectivity index (χ2v) is 5.91. The Labute approximate surface area is 152 Å². The van der Waals surface area contributed by atoms with Gasteiger partial charge < -0.3 is 14.2 Å². The number of para-hydroxylation sites is 1. The van der Waals surface area contributed by atoms with E-state index in [2.05, 4.69) is 0 Å². The summed E-state index contributed by atoms with van der Waals surface area (Å²) in [5.41, 5.74) is 2.05. The molecule has 0 fully saturated rings. The van der Waals surface area contributed by atoms with Crippen LogP contribution in [0.25, 0.3) is 0 Å². The number of fused-ring (bicyclic) bond motifs is 1. The van der Waals surface area contributed by atoms with Crippen LogP contribution in [0, 0.1) is 0 Å². The summed E-state index contributed by atoms with van der Waals surface area (Å²) >= 11 is 0. The predicted octanol–water partition coefficient (Wildman–Crippen LogP) is 4.54. The first-order valence-electron chi connectivity index (χ1n) is 8.54. The number of benzene rings is 3. The van der Waals surface area contributed by atoms with Gasteiger partial charge in [0.2, 0.25) is 0 Å². The van der Waals surface area contributed by atoms with Crippen LogP contribution in [0.2, 0.25) is 0 Å². The number of ether oxygens (including phenoxy) is 3. The summed E-state index contributed by atoms with van der Waals surface area (Å²) in [7, 11) is 0. The lowest BCUT2D eigenvalue weighted by molar-refractivity contribution is -0.0462. The van der Waals surface area contributed by atoms with Crippen LogP contribution in [-0.4, -0.2) is 12.6 Å². The Morgan fingerprint density at radius 2 is 1.46 bits per heavy atom. The smallest absolute Gasteiger partial charge is 0.342 e. The monoisotopic (exact) mass is 346 g/mol. The van der Waals surface area contributed by atoms with Crippen LogP contribution < -0.4 is 9.47 Å². The predicted molar refractivity (Wildman–Crippen MR) is 97.3 cm³/mol. The molecule has 3 aromatic carbocycles. The SMILES string of the molecule is CCOC(=O)c1cccc2c1OC(c1ccccc1)(c1ccccc1)O2. The van der Waals surface area contributed by atoms with Crippen molar-refractivity contribution < 1.29 is 19.0 Å². The van der Waals surface area contributed by atoms with Crippen LogP contribution in [0.3, 0.4) is 0 Å². The van der Waals surface area contributed by atoms with Crippen molar-refractivity contribution >= 4 is 5.97 Å². The van der Waals surface area contributed by atoms with Crippen LogP contribution in [0.1, 0.15) is 28.4 Å². The van der Waals surface area contributed by atoms with E-state index in [-0.39, 0.29) is 0 Å². The second-order valence-electron chi connectivity index (χ2n) is 5.91. The lowest BCUT2D eigenvalue weighted by atomic mass is 9.97. The Hall–Kier alpha value is -3.27. The first-order chi connectivity index (χ1) is 12.7. The van der Waals surface area contributed by atoms with Crippen LogP contribution >= 0.6 is 0 Å². The van der Waals surface area contributed by atoms with E-state index in [1.54, 1.807) is 25.1 Å². The lowest BCUT2D eigenvalue weighted by Gasteiger charge is -2.28. The maximum absolute atomic E-state index is 12.3. The van der Waals surface area contributed by atoms with E-state index >= 15 is 0 Å². The van der Waals surface area contributed by atoms with Gasteiger partial charge in [-0.3, -0.25) is 0 Å². The summed E-state index contributed by atoms with van der Waals surface area (Å²) in [4.78, 5) is 12.3. The third-order valence-electron chi connectivity index (χ3n) is 4.28. The van der Waals surface area contributed by atoms with E-state index in [0.717, 1.165) is 11.1 Å². The van der Waals surface area contributed by atoms with Gasteiger partial charge in [-0.15, -0.1) is 0 Å². The quantitative estimate of drug-likeness (QED) is 0.651. The fourth-order valence-corrected chi connectivity index (χ4v) is 3.11. The fourth-order valence-electron chi connectivity index (χ4n) is 3.11. The number of hydrogen-bond acceptors (Lipinski definition) is 4. The molecule has 0 saturated heterocycles. The van der Waals surface area contributed by atoms with Gasteiger partial charge in [0, 0.05) is 11.1 Å². The molecule has 0 atom stereocenters. The van der Waals surface area contributed by atoms with E-state index in [4.69, 9.17) is 14.2 Å². The van der Waals surface area contributed by atoms with Gasteiger partial charge >= 0.3 is 11.8 Å². The molecule has 1 aliphatic rings. The molecule has 4 rings (SSSR count). The molecular weight excluding hydrogens is 328 g/mol. The fraction of sp³-hybridized carbons (Fsp3) is 0.136. The normalized spacial score (nSPS) is 14.0. The van der Waals surface area contributed by atoms with Crippen molar-refractivity contribution in [2.45, 2.75) is 12.7 Å². The van der Waals surface area contributed by atoms with Gasteiger partial charge in [0.15, 0.2) is 11.5 Å². The number of hydrogen-bond donors (Lipinski definition) is 0. The zero-order chi connectivity index (χ0) is 18.0. The van der Waals surface area contributed by atoms with Crippen LogP contribution in [0.15, 0.2) is 78.9 Å². The van der Waals surface area contributed by atoms with Crippen molar-refractivity contribution in [2.24, 2.45) is 0 Å². The van der Waals surface area contributed by atoms with Gasteiger partial charge in [0.1, 0.15) is 5.56 Å². The zero-order valence-electron chi connectivity index (χ0n) is 14.3. The summed E-state index contributed by atoms with van der Waals surface area (Å²) < 4.78 is 17.8. The molecule has 0 radical (unpaired) electrons. The minimum absolute atomic E-state index is 0.297. The molecule has 26 heavy (non-hydrogen) atoms. The van der Waals surface area contributed by atoms with Gasteiger partial charge in [-0.05, 0) is 19.1 Å². The van der Waals surface area contributed by atoms with E-state index in [1.165, 1.54) is 0 Å². The highest BCUT2D eigenvalue weighted by Crippen LogP contribution is 2.49. The highest BCUT2D eigenvalue weighted by Gasteiger charge is 2.46. The van der Waals surface area contributed by atoms with E-state index in [0.29, 0.717) is 23.7 Å². The maximum Gasteiger partial charge on any atom is 0.342 e. The Balaban J connectivity index is 1.86. The molecule has 1 heterocycles. The van der Waals surface area contributed by atoms with Crippen molar-refractivity contribution in [2.75, 3.05) is 6.61 Å². The molecule has 0 bridgehead atoms. The molecule has 0 aliphatic carbocycles. The average molecular weight is 346 g/mol. The molecule has 4 nitrogen and oxygen atoms in total. The van der Waals surface area contributed by atoms with E-state index in [1.807, 2.05) is 60.7 Å². The molecule has 3 aromatic rings. The Morgan fingerprint density at radius 3 is 2.04 bits per heavy atom. The molecule has 0 saturated carbocycles. The van der Waals surface area contributed by atoms with Gasteiger partial charge in [0.25, 0.3) is 0 Å². The number of carbonyl (C=O) groups excluding carboxylic acids is 1. The molecule has 0 amide bonds. The summed E-state index contributed by atoms with van der Waals surface area (Å²) in [5.74, 6) is -0.653. The zero-order valence-corrected chi connectivity index (χ0v) is 14.3.